The molecule has 1 unspecified atom stereocenters. The van der Waals surface area contributed by atoms with Crippen LogP contribution in [-0.4, -0.2) is 23.6 Å². The minimum Gasteiger partial charge on any atom is -0.406 e. The van der Waals surface area contributed by atoms with Crippen molar-refractivity contribution in [3.63, 3.8) is 0 Å². The molecular weight excluding hydrogens is 515 g/mol. The highest BCUT2D eigenvalue weighted by Crippen LogP contribution is 2.25. The largest absolute Gasteiger partial charge is 0.573 e. The Kier molecular flexibility index (Phi) is 9.66. The van der Waals surface area contributed by atoms with Crippen LogP contribution >= 0.6 is 12.6 Å². The maximum atomic E-state index is 12.4. The summed E-state index contributed by atoms with van der Waals surface area (Å²) < 4.78 is 40.5. The molecule has 5 N–H and O–H groups in total. The van der Waals surface area contributed by atoms with Gasteiger partial charge in [-0.05, 0) is 65.6 Å². The zero-order chi connectivity index (χ0) is 27.7. The van der Waals surface area contributed by atoms with E-state index in [1.807, 2.05) is 24.3 Å². The van der Waals surface area contributed by atoms with Crippen LogP contribution in [0.25, 0.3) is 0 Å². The number of carbonyl (C=O) groups excluding carboxylic acids is 1. The molecule has 0 radical (unpaired) electrons. The van der Waals surface area contributed by atoms with E-state index in [2.05, 4.69) is 52.5 Å². The van der Waals surface area contributed by atoms with E-state index in [0.717, 1.165) is 11.3 Å². The highest BCUT2D eigenvalue weighted by atomic mass is 32.1. The number of hydrogen-bond acceptors (Lipinski definition) is 6. The van der Waals surface area contributed by atoms with Crippen molar-refractivity contribution < 1.29 is 22.7 Å². The number of para-hydroxylation sites is 1. The molecule has 0 saturated carbocycles. The molecule has 2 amide bonds. The molecule has 0 spiro atoms. The lowest BCUT2D eigenvalue weighted by Gasteiger charge is -2.20. The van der Waals surface area contributed by atoms with E-state index in [-0.39, 0.29) is 11.5 Å². The highest BCUT2D eigenvalue weighted by Gasteiger charge is 2.30. The number of carbonyl (C=O) groups is 1. The Hall–Kier alpha value is -4.12. The summed E-state index contributed by atoms with van der Waals surface area (Å²) in [6, 6.07) is 19.3. The zero-order valence-electron chi connectivity index (χ0n) is 20.6. The Balaban J connectivity index is 1.47. The standard InChI is InChI=1S/C27H28F3N5O2S/c1-17(2)22-5-3-4-6-24(22)34-26(38)35-25(36)33-20-9-7-18(8-10-20)23(31)15-16-32-19-11-13-21(14-12-19)37-27(28,29)30/h3-17,26,31-32,34,38H,1-2H3,(H2,33,35,36)/b16-15-,31-23?. The van der Waals surface area contributed by atoms with Crippen molar-refractivity contribution in [1.82, 2.24) is 5.32 Å². The van der Waals surface area contributed by atoms with Gasteiger partial charge < -0.3 is 31.4 Å². The third kappa shape index (κ3) is 9.07. The lowest BCUT2D eigenvalue weighted by Crippen LogP contribution is -2.39. The number of halogens is 3. The Morgan fingerprint density at radius 1 is 0.974 bits per heavy atom. The number of benzene rings is 3. The van der Waals surface area contributed by atoms with Crippen LogP contribution in [0.1, 0.15) is 30.9 Å². The number of amides is 2. The van der Waals surface area contributed by atoms with Crippen LogP contribution < -0.4 is 26.0 Å². The molecule has 0 aliphatic rings. The first-order valence-corrected chi connectivity index (χ1v) is 12.1. The lowest BCUT2D eigenvalue weighted by atomic mass is 10.0. The van der Waals surface area contributed by atoms with Crippen LogP contribution in [-0.2, 0) is 0 Å². The monoisotopic (exact) mass is 543 g/mol. The molecule has 0 saturated heterocycles. The number of nitrogens with one attached hydrogen (secondary N) is 5. The first-order valence-electron chi connectivity index (χ1n) is 11.6. The second-order valence-electron chi connectivity index (χ2n) is 8.43. The van der Waals surface area contributed by atoms with Crippen LogP contribution in [0.15, 0.2) is 85.1 Å². The van der Waals surface area contributed by atoms with Crippen LogP contribution in [0.4, 0.5) is 35.0 Å². The van der Waals surface area contributed by atoms with Crippen molar-refractivity contribution in [2.45, 2.75) is 31.6 Å². The summed E-state index contributed by atoms with van der Waals surface area (Å²) in [5, 5.41) is 19.7. The first kappa shape index (κ1) is 28.5. The van der Waals surface area contributed by atoms with Gasteiger partial charge in [0.05, 0.1) is 5.71 Å². The van der Waals surface area contributed by atoms with Crippen molar-refractivity contribution in [2.75, 3.05) is 16.0 Å². The van der Waals surface area contributed by atoms with Crippen molar-refractivity contribution in [3.05, 3.63) is 96.2 Å². The van der Waals surface area contributed by atoms with Crippen LogP contribution in [0.2, 0.25) is 0 Å². The van der Waals surface area contributed by atoms with E-state index in [9.17, 15) is 18.0 Å². The van der Waals surface area contributed by atoms with E-state index in [1.165, 1.54) is 36.5 Å². The maximum Gasteiger partial charge on any atom is 0.573 e. The molecule has 3 rings (SSSR count). The fourth-order valence-corrected chi connectivity index (χ4v) is 3.67. The SMILES string of the molecule is CC(C)c1ccccc1NC(S)NC(=O)Nc1ccc(C(=N)/C=C\Nc2ccc(OC(F)(F)F)cc2)cc1. The molecule has 7 nitrogen and oxygen atoms in total. The number of hydrogen-bond donors (Lipinski definition) is 6. The predicted octanol–water partition coefficient (Wildman–Crippen LogP) is 7.15. The number of urea groups is 1. The minimum atomic E-state index is -4.74. The Labute approximate surface area is 224 Å². The van der Waals surface area contributed by atoms with Gasteiger partial charge in [-0.15, -0.1) is 25.8 Å². The molecule has 3 aromatic carbocycles. The average Bonchev–Trinajstić information content (AvgIpc) is 2.84. The summed E-state index contributed by atoms with van der Waals surface area (Å²) in [6.45, 7) is 4.17. The molecule has 0 aliphatic heterocycles. The molecule has 0 fully saturated rings. The van der Waals surface area contributed by atoms with Crippen molar-refractivity contribution in [1.29, 1.82) is 5.41 Å². The van der Waals surface area contributed by atoms with Crippen molar-refractivity contribution in [3.8, 4) is 5.75 Å². The fourth-order valence-electron chi connectivity index (χ4n) is 3.41. The van der Waals surface area contributed by atoms with Gasteiger partial charge in [0.2, 0.25) is 0 Å². The molecule has 0 aromatic heterocycles. The number of anilines is 3. The van der Waals surface area contributed by atoms with Gasteiger partial charge in [0.1, 0.15) is 11.2 Å². The summed E-state index contributed by atoms with van der Waals surface area (Å²) in [6.07, 6.45) is -1.74. The first-order chi connectivity index (χ1) is 18.0. The third-order valence-corrected chi connectivity index (χ3v) is 5.44. The summed E-state index contributed by atoms with van der Waals surface area (Å²) in [4.78, 5) is 12.4. The molecule has 0 aliphatic carbocycles. The molecule has 3 aromatic rings. The number of allylic oxidation sites excluding steroid dienone is 1. The smallest absolute Gasteiger partial charge is 0.406 e. The fraction of sp³-hybridized carbons (Fsp3) is 0.185. The number of ether oxygens (including phenoxy) is 1. The van der Waals surface area contributed by atoms with Crippen LogP contribution in [0.5, 0.6) is 5.75 Å². The molecular formula is C27H28F3N5O2S. The van der Waals surface area contributed by atoms with E-state index in [1.54, 1.807) is 24.3 Å². The molecule has 11 heteroatoms. The summed E-state index contributed by atoms with van der Waals surface area (Å²) >= 11 is 4.41. The Bertz CT molecular complexity index is 1260. The van der Waals surface area contributed by atoms with Gasteiger partial charge in [0.15, 0.2) is 0 Å². The quantitative estimate of drug-likeness (QED) is 0.0930. The van der Waals surface area contributed by atoms with Gasteiger partial charge in [-0.2, -0.15) is 0 Å². The summed E-state index contributed by atoms with van der Waals surface area (Å²) in [7, 11) is 0. The topological polar surface area (TPSA) is 98.3 Å². The second-order valence-corrected chi connectivity index (χ2v) is 8.94. The van der Waals surface area contributed by atoms with Gasteiger partial charge in [-0.25, -0.2) is 4.79 Å². The van der Waals surface area contributed by atoms with Gasteiger partial charge in [0.25, 0.3) is 0 Å². The molecule has 0 bridgehead atoms. The van der Waals surface area contributed by atoms with Gasteiger partial charge in [-0.3, -0.25) is 0 Å². The molecule has 0 heterocycles. The predicted molar refractivity (Wildman–Crippen MR) is 148 cm³/mol. The Morgan fingerprint density at radius 2 is 1.61 bits per heavy atom. The number of thiol groups is 1. The number of alkyl halides is 3. The van der Waals surface area contributed by atoms with Gasteiger partial charge in [0, 0.05) is 23.3 Å². The Morgan fingerprint density at radius 3 is 2.24 bits per heavy atom. The molecule has 200 valence electrons. The highest BCUT2D eigenvalue weighted by molar-refractivity contribution is 7.81. The second kappa shape index (κ2) is 12.9. The lowest BCUT2D eigenvalue weighted by molar-refractivity contribution is -0.274. The van der Waals surface area contributed by atoms with Crippen LogP contribution in [0.3, 0.4) is 0 Å². The van der Waals surface area contributed by atoms with E-state index in [4.69, 9.17) is 5.41 Å². The number of rotatable bonds is 10. The van der Waals surface area contributed by atoms with Crippen molar-refractivity contribution >= 4 is 41.4 Å². The third-order valence-electron chi connectivity index (χ3n) is 5.18. The van der Waals surface area contributed by atoms with Gasteiger partial charge in [-0.1, -0.05) is 44.2 Å². The van der Waals surface area contributed by atoms with E-state index in [0.29, 0.717) is 22.9 Å². The summed E-state index contributed by atoms with van der Waals surface area (Å²) in [5.41, 5.74) is 3.23. The molecule has 1 atom stereocenters. The van der Waals surface area contributed by atoms with E-state index < -0.39 is 17.9 Å². The van der Waals surface area contributed by atoms with Gasteiger partial charge >= 0.3 is 12.4 Å². The minimum absolute atomic E-state index is 0.189. The summed E-state index contributed by atoms with van der Waals surface area (Å²) in [5.74, 6) is -0.0102. The zero-order valence-corrected chi connectivity index (χ0v) is 21.5. The molecule has 38 heavy (non-hydrogen) atoms. The van der Waals surface area contributed by atoms with Crippen molar-refractivity contribution in [2.24, 2.45) is 0 Å². The normalized spacial score (nSPS) is 12.2. The van der Waals surface area contributed by atoms with E-state index >= 15 is 0 Å². The van der Waals surface area contributed by atoms with Crippen LogP contribution in [0, 0.1) is 5.41 Å². The average molecular weight is 544 g/mol. The maximum absolute atomic E-state index is 12.4.